The van der Waals surface area contributed by atoms with Crippen LogP contribution < -0.4 is 5.32 Å². The molecule has 1 fully saturated rings. The highest BCUT2D eigenvalue weighted by Crippen LogP contribution is 2.33. The van der Waals surface area contributed by atoms with Gasteiger partial charge in [-0.25, -0.2) is 4.39 Å². The van der Waals surface area contributed by atoms with Gasteiger partial charge in [0.05, 0.1) is 6.42 Å². The molecule has 0 radical (unpaired) electrons. The minimum Gasteiger partial charge on any atom is -0.354 e. The van der Waals surface area contributed by atoms with Crippen molar-refractivity contribution >= 4 is 5.91 Å². The van der Waals surface area contributed by atoms with Crippen molar-refractivity contribution in [2.45, 2.75) is 37.6 Å². The maximum Gasteiger partial charge on any atom is 0.224 e. The molecule has 1 aromatic carbocycles. The molecule has 2 rings (SSSR count). The normalized spacial score (nSPS) is 17.4. The van der Waals surface area contributed by atoms with Crippen LogP contribution in [0.5, 0.6) is 0 Å². The standard InChI is InChI=1S/C16H23FN2O/c1-19(2)16(8-3-4-9-16)12-18-15(20)11-13-6-5-7-14(17)10-13/h5-7,10H,3-4,8-9,11-12H2,1-2H3,(H,18,20). The van der Waals surface area contributed by atoms with Crippen LogP contribution in [0.1, 0.15) is 31.2 Å². The number of hydrogen-bond acceptors (Lipinski definition) is 2. The molecule has 1 saturated carbocycles. The van der Waals surface area contributed by atoms with Crippen molar-refractivity contribution in [2.24, 2.45) is 0 Å². The summed E-state index contributed by atoms with van der Waals surface area (Å²) < 4.78 is 13.1. The van der Waals surface area contributed by atoms with Crippen LogP contribution in [0.2, 0.25) is 0 Å². The van der Waals surface area contributed by atoms with E-state index >= 15 is 0 Å². The highest BCUT2D eigenvalue weighted by molar-refractivity contribution is 5.78. The van der Waals surface area contributed by atoms with Crippen molar-refractivity contribution in [2.75, 3.05) is 20.6 Å². The number of amides is 1. The molecule has 4 heteroatoms. The van der Waals surface area contributed by atoms with E-state index in [0.717, 1.165) is 12.8 Å². The lowest BCUT2D eigenvalue weighted by atomic mass is 9.96. The van der Waals surface area contributed by atoms with Crippen molar-refractivity contribution in [1.82, 2.24) is 10.2 Å². The zero-order valence-corrected chi connectivity index (χ0v) is 12.3. The molecule has 0 heterocycles. The second-order valence-electron chi connectivity index (χ2n) is 5.91. The van der Waals surface area contributed by atoms with E-state index in [9.17, 15) is 9.18 Å². The molecule has 0 aliphatic heterocycles. The SMILES string of the molecule is CN(C)C1(CNC(=O)Cc2cccc(F)c2)CCCC1. The van der Waals surface area contributed by atoms with Crippen molar-refractivity contribution in [3.05, 3.63) is 35.6 Å². The number of halogens is 1. The molecule has 3 nitrogen and oxygen atoms in total. The molecule has 0 atom stereocenters. The molecule has 20 heavy (non-hydrogen) atoms. The first kappa shape index (κ1) is 15.0. The zero-order valence-electron chi connectivity index (χ0n) is 12.3. The van der Waals surface area contributed by atoms with Crippen molar-refractivity contribution in [3.8, 4) is 0 Å². The number of likely N-dealkylation sites (N-methyl/N-ethyl adjacent to an activating group) is 1. The van der Waals surface area contributed by atoms with Crippen molar-refractivity contribution < 1.29 is 9.18 Å². The molecule has 0 bridgehead atoms. The number of nitrogens with one attached hydrogen (secondary N) is 1. The Morgan fingerprint density at radius 1 is 1.35 bits per heavy atom. The van der Waals surface area contributed by atoms with Crippen LogP contribution in [0.4, 0.5) is 4.39 Å². The van der Waals surface area contributed by atoms with Gasteiger partial charge in [-0.15, -0.1) is 0 Å². The van der Waals surface area contributed by atoms with Gasteiger partial charge in [0, 0.05) is 12.1 Å². The van der Waals surface area contributed by atoms with E-state index in [2.05, 4.69) is 24.3 Å². The first-order valence-electron chi connectivity index (χ1n) is 7.20. The highest BCUT2D eigenvalue weighted by Gasteiger charge is 2.35. The average Bonchev–Trinajstić information content (AvgIpc) is 2.86. The van der Waals surface area contributed by atoms with E-state index < -0.39 is 0 Å². The fraction of sp³-hybridized carbons (Fsp3) is 0.562. The fourth-order valence-corrected chi connectivity index (χ4v) is 2.97. The maximum atomic E-state index is 13.1. The highest BCUT2D eigenvalue weighted by atomic mass is 19.1. The Hall–Kier alpha value is -1.42. The van der Waals surface area contributed by atoms with E-state index in [1.807, 2.05) is 0 Å². The fourth-order valence-electron chi connectivity index (χ4n) is 2.97. The van der Waals surface area contributed by atoms with Crippen molar-refractivity contribution in [1.29, 1.82) is 0 Å². The predicted octanol–water partition coefficient (Wildman–Crippen LogP) is 2.36. The third-order valence-electron chi connectivity index (χ3n) is 4.35. The van der Waals surface area contributed by atoms with Gasteiger partial charge in [0.15, 0.2) is 0 Å². The average molecular weight is 278 g/mol. The van der Waals surface area contributed by atoms with Crippen LogP contribution in [-0.2, 0) is 11.2 Å². The van der Waals surface area contributed by atoms with E-state index in [1.54, 1.807) is 12.1 Å². The molecule has 0 aromatic heterocycles. The molecule has 110 valence electrons. The maximum absolute atomic E-state index is 13.1. The van der Waals surface area contributed by atoms with Gasteiger partial charge in [-0.2, -0.15) is 0 Å². The summed E-state index contributed by atoms with van der Waals surface area (Å²) in [6.45, 7) is 0.675. The summed E-state index contributed by atoms with van der Waals surface area (Å²) in [4.78, 5) is 14.2. The Kier molecular flexibility index (Phi) is 4.76. The Morgan fingerprint density at radius 3 is 2.65 bits per heavy atom. The molecule has 0 spiro atoms. The van der Waals surface area contributed by atoms with E-state index in [-0.39, 0.29) is 23.7 Å². The number of carbonyl (C=O) groups excluding carboxylic acids is 1. The molecule has 0 unspecified atom stereocenters. The number of nitrogens with zero attached hydrogens (tertiary/aromatic N) is 1. The Labute approximate surface area is 120 Å². The minimum absolute atomic E-state index is 0.0382. The molecular weight excluding hydrogens is 255 g/mol. The van der Waals surface area contributed by atoms with Crippen LogP contribution in [0.25, 0.3) is 0 Å². The molecule has 1 aliphatic rings. The summed E-state index contributed by atoms with van der Waals surface area (Å²) in [5.41, 5.74) is 0.810. The summed E-state index contributed by atoms with van der Waals surface area (Å²) in [6.07, 6.45) is 4.93. The molecule has 1 N–H and O–H groups in total. The molecule has 1 aromatic rings. The molecule has 1 amide bonds. The van der Waals surface area contributed by atoms with Gasteiger partial charge in [-0.1, -0.05) is 25.0 Å². The first-order valence-corrected chi connectivity index (χ1v) is 7.20. The lowest BCUT2D eigenvalue weighted by Crippen LogP contribution is -2.51. The minimum atomic E-state index is -0.296. The smallest absolute Gasteiger partial charge is 0.224 e. The summed E-state index contributed by atoms with van der Waals surface area (Å²) in [7, 11) is 4.15. The van der Waals surface area contributed by atoms with E-state index in [1.165, 1.54) is 25.0 Å². The first-order chi connectivity index (χ1) is 9.52. The van der Waals surface area contributed by atoms with Gasteiger partial charge in [0.2, 0.25) is 5.91 Å². The van der Waals surface area contributed by atoms with Crippen LogP contribution in [0.3, 0.4) is 0 Å². The Morgan fingerprint density at radius 2 is 2.05 bits per heavy atom. The number of benzene rings is 1. The number of rotatable bonds is 5. The Bertz CT molecular complexity index is 467. The number of hydrogen-bond donors (Lipinski definition) is 1. The summed E-state index contributed by atoms with van der Waals surface area (Å²) in [5, 5.41) is 3.01. The quantitative estimate of drug-likeness (QED) is 0.896. The van der Waals surface area contributed by atoms with Crippen LogP contribution >= 0.6 is 0 Å². The lowest BCUT2D eigenvalue weighted by molar-refractivity contribution is -0.121. The van der Waals surface area contributed by atoms with Gasteiger partial charge in [-0.05, 0) is 44.6 Å². The third-order valence-corrected chi connectivity index (χ3v) is 4.35. The van der Waals surface area contributed by atoms with E-state index in [0.29, 0.717) is 12.1 Å². The Balaban J connectivity index is 1.88. The van der Waals surface area contributed by atoms with Gasteiger partial charge in [0.25, 0.3) is 0 Å². The van der Waals surface area contributed by atoms with E-state index in [4.69, 9.17) is 0 Å². The topological polar surface area (TPSA) is 32.3 Å². The lowest BCUT2D eigenvalue weighted by Gasteiger charge is -2.36. The molecular formula is C16H23FN2O. The number of carbonyl (C=O) groups is 1. The van der Waals surface area contributed by atoms with Crippen LogP contribution in [-0.4, -0.2) is 37.0 Å². The largest absolute Gasteiger partial charge is 0.354 e. The van der Waals surface area contributed by atoms with Gasteiger partial charge in [-0.3, -0.25) is 4.79 Å². The summed E-state index contributed by atoms with van der Waals surface area (Å²) in [6, 6.07) is 6.22. The second kappa shape index (κ2) is 6.35. The monoisotopic (exact) mass is 278 g/mol. The molecule has 1 aliphatic carbocycles. The zero-order chi connectivity index (χ0) is 14.6. The van der Waals surface area contributed by atoms with Crippen LogP contribution in [0.15, 0.2) is 24.3 Å². The summed E-state index contributed by atoms with van der Waals surface area (Å²) in [5.74, 6) is -0.334. The van der Waals surface area contributed by atoms with Gasteiger partial charge >= 0.3 is 0 Å². The van der Waals surface area contributed by atoms with Crippen LogP contribution in [0, 0.1) is 5.82 Å². The second-order valence-corrected chi connectivity index (χ2v) is 5.91. The third kappa shape index (κ3) is 3.57. The van der Waals surface area contributed by atoms with Crippen molar-refractivity contribution in [3.63, 3.8) is 0 Å². The van der Waals surface area contributed by atoms with Gasteiger partial charge in [0.1, 0.15) is 5.82 Å². The van der Waals surface area contributed by atoms with Gasteiger partial charge < -0.3 is 10.2 Å². The molecule has 0 saturated heterocycles. The summed E-state index contributed by atoms with van der Waals surface area (Å²) >= 11 is 0. The predicted molar refractivity (Wildman–Crippen MR) is 78.0 cm³/mol.